The second-order valence-corrected chi connectivity index (χ2v) is 8.78. The molecular formula is C19H22ClNO4S. The molecule has 0 radical (unpaired) electrons. The first-order valence-corrected chi connectivity index (χ1v) is 9.87. The number of halogens is 1. The molecule has 5 nitrogen and oxygen atoms in total. The molecule has 0 spiro atoms. The van der Waals surface area contributed by atoms with Crippen LogP contribution in [0, 0.1) is 12.3 Å². The standard InChI is InChI=1S/C19H22ClNO4S/c1-13-5-11-16(12-6-13)26(23,24)21-17(19(2,3)18(22)25-4)14-7-9-15(20)10-8-14/h5-12,17,21H,1-4H3. The largest absolute Gasteiger partial charge is 0.469 e. The van der Waals surface area contributed by atoms with Crippen molar-refractivity contribution in [2.45, 2.75) is 31.7 Å². The van der Waals surface area contributed by atoms with Crippen molar-refractivity contribution in [3.63, 3.8) is 0 Å². The zero-order chi connectivity index (χ0) is 19.5. The number of carbonyl (C=O) groups is 1. The molecule has 26 heavy (non-hydrogen) atoms. The Hall–Kier alpha value is -1.89. The highest BCUT2D eigenvalue weighted by molar-refractivity contribution is 7.89. The molecule has 1 N–H and O–H groups in total. The number of sulfonamides is 1. The van der Waals surface area contributed by atoms with Gasteiger partial charge in [-0.15, -0.1) is 0 Å². The number of hydrogen-bond acceptors (Lipinski definition) is 4. The van der Waals surface area contributed by atoms with Crippen molar-refractivity contribution >= 4 is 27.6 Å². The van der Waals surface area contributed by atoms with E-state index in [0.717, 1.165) is 5.56 Å². The number of carbonyl (C=O) groups excluding carboxylic acids is 1. The van der Waals surface area contributed by atoms with E-state index in [0.29, 0.717) is 10.6 Å². The third-order valence-corrected chi connectivity index (χ3v) is 5.93. The van der Waals surface area contributed by atoms with Gasteiger partial charge in [0.05, 0.1) is 23.5 Å². The van der Waals surface area contributed by atoms with Gasteiger partial charge in [-0.3, -0.25) is 4.79 Å². The monoisotopic (exact) mass is 395 g/mol. The summed E-state index contributed by atoms with van der Waals surface area (Å²) in [5.74, 6) is -0.524. The normalized spacial score (nSPS) is 13.3. The summed E-state index contributed by atoms with van der Waals surface area (Å²) in [5.41, 5.74) is 0.425. The third-order valence-electron chi connectivity index (χ3n) is 4.24. The molecule has 0 aliphatic heterocycles. The van der Waals surface area contributed by atoms with Gasteiger partial charge in [0.2, 0.25) is 10.0 Å². The number of methoxy groups -OCH3 is 1. The van der Waals surface area contributed by atoms with Gasteiger partial charge in [-0.1, -0.05) is 41.4 Å². The Balaban J connectivity index is 2.48. The summed E-state index contributed by atoms with van der Waals surface area (Å²) in [5, 5.41) is 0.518. The molecule has 0 bridgehead atoms. The molecule has 0 saturated carbocycles. The maximum absolute atomic E-state index is 12.9. The Labute approximate surface area is 159 Å². The quantitative estimate of drug-likeness (QED) is 0.753. The number of ether oxygens (including phenoxy) is 1. The van der Waals surface area contributed by atoms with Crippen molar-refractivity contribution in [3.05, 3.63) is 64.7 Å². The molecule has 140 valence electrons. The fraction of sp³-hybridized carbons (Fsp3) is 0.316. The zero-order valence-electron chi connectivity index (χ0n) is 15.1. The second-order valence-electron chi connectivity index (χ2n) is 6.63. The molecule has 0 heterocycles. The molecule has 2 aromatic carbocycles. The van der Waals surface area contributed by atoms with Crippen LogP contribution < -0.4 is 4.72 Å². The van der Waals surface area contributed by atoms with Crippen molar-refractivity contribution < 1.29 is 17.9 Å². The first-order valence-electron chi connectivity index (χ1n) is 8.01. The lowest BCUT2D eigenvalue weighted by Crippen LogP contribution is -2.43. The molecule has 2 rings (SSSR count). The average molecular weight is 396 g/mol. The summed E-state index contributed by atoms with van der Waals surface area (Å²) < 4.78 is 33.3. The topological polar surface area (TPSA) is 72.5 Å². The molecule has 0 aliphatic carbocycles. The van der Waals surface area contributed by atoms with Gasteiger partial charge in [-0.05, 0) is 50.6 Å². The van der Waals surface area contributed by atoms with E-state index in [-0.39, 0.29) is 4.90 Å². The van der Waals surface area contributed by atoms with Gasteiger partial charge in [-0.2, -0.15) is 0 Å². The van der Waals surface area contributed by atoms with Gasteiger partial charge in [0.1, 0.15) is 0 Å². The smallest absolute Gasteiger partial charge is 0.313 e. The first kappa shape index (κ1) is 20.4. The molecule has 1 unspecified atom stereocenters. The highest BCUT2D eigenvalue weighted by atomic mass is 35.5. The van der Waals surface area contributed by atoms with Crippen molar-refractivity contribution in [2.24, 2.45) is 5.41 Å². The van der Waals surface area contributed by atoms with Gasteiger partial charge < -0.3 is 4.74 Å². The summed E-state index contributed by atoms with van der Waals surface area (Å²) >= 11 is 5.93. The molecule has 0 aliphatic rings. The number of nitrogens with one attached hydrogen (secondary N) is 1. The summed E-state index contributed by atoms with van der Waals surface area (Å²) in [6, 6.07) is 12.3. The van der Waals surface area contributed by atoms with Gasteiger partial charge in [-0.25, -0.2) is 13.1 Å². The van der Waals surface area contributed by atoms with Crippen LogP contribution in [0.15, 0.2) is 53.4 Å². The lowest BCUT2D eigenvalue weighted by atomic mass is 9.81. The van der Waals surface area contributed by atoms with E-state index in [9.17, 15) is 13.2 Å². The maximum atomic E-state index is 12.9. The average Bonchev–Trinajstić information content (AvgIpc) is 2.60. The van der Waals surface area contributed by atoms with Crippen molar-refractivity contribution in [1.82, 2.24) is 4.72 Å². The minimum Gasteiger partial charge on any atom is -0.469 e. The Morgan fingerprint density at radius 2 is 1.62 bits per heavy atom. The molecule has 7 heteroatoms. The van der Waals surface area contributed by atoms with E-state index in [1.165, 1.54) is 19.2 Å². The van der Waals surface area contributed by atoms with Crippen LogP contribution in [0.4, 0.5) is 0 Å². The predicted molar refractivity (Wildman–Crippen MR) is 101 cm³/mol. The zero-order valence-corrected chi connectivity index (χ0v) is 16.7. The highest BCUT2D eigenvalue weighted by Gasteiger charge is 2.41. The minimum absolute atomic E-state index is 0.128. The van der Waals surface area contributed by atoms with Gasteiger partial charge in [0.15, 0.2) is 0 Å². The Kier molecular flexibility index (Phi) is 6.11. The van der Waals surface area contributed by atoms with Crippen LogP contribution in [0.2, 0.25) is 5.02 Å². The molecule has 0 amide bonds. The SMILES string of the molecule is COC(=O)C(C)(C)C(NS(=O)(=O)c1ccc(C)cc1)c1ccc(Cl)cc1. The molecule has 2 aromatic rings. The molecular weight excluding hydrogens is 374 g/mol. The molecule has 0 aromatic heterocycles. The number of benzene rings is 2. The van der Waals surface area contributed by atoms with Crippen molar-refractivity contribution in [2.75, 3.05) is 7.11 Å². The minimum atomic E-state index is -3.85. The Morgan fingerprint density at radius 1 is 1.08 bits per heavy atom. The van der Waals surface area contributed by atoms with E-state index in [2.05, 4.69) is 4.72 Å². The number of esters is 1. The van der Waals surface area contributed by atoms with Crippen LogP contribution >= 0.6 is 11.6 Å². The summed E-state index contributed by atoms with van der Waals surface area (Å²) in [6.45, 7) is 5.15. The van der Waals surface area contributed by atoms with Crippen molar-refractivity contribution in [3.8, 4) is 0 Å². The second kappa shape index (κ2) is 7.78. The fourth-order valence-corrected chi connectivity index (χ4v) is 4.11. The van der Waals surface area contributed by atoms with Crippen LogP contribution in [-0.2, 0) is 19.6 Å². The fourth-order valence-electron chi connectivity index (χ4n) is 2.61. The van der Waals surface area contributed by atoms with Crippen LogP contribution in [0.25, 0.3) is 0 Å². The summed E-state index contributed by atoms with van der Waals surface area (Å²) in [4.78, 5) is 12.4. The molecule has 0 fully saturated rings. The Bertz CT molecular complexity index is 875. The van der Waals surface area contributed by atoms with Gasteiger partial charge in [0, 0.05) is 5.02 Å². The van der Waals surface area contributed by atoms with Crippen LogP contribution in [0.3, 0.4) is 0 Å². The molecule has 0 saturated heterocycles. The van der Waals surface area contributed by atoms with Gasteiger partial charge >= 0.3 is 5.97 Å². The van der Waals surface area contributed by atoms with E-state index in [1.807, 2.05) is 6.92 Å². The number of rotatable bonds is 6. The van der Waals surface area contributed by atoms with E-state index < -0.39 is 27.4 Å². The summed E-state index contributed by atoms with van der Waals surface area (Å²) in [6.07, 6.45) is 0. The molecule has 1 atom stereocenters. The van der Waals surface area contributed by atoms with E-state index >= 15 is 0 Å². The maximum Gasteiger partial charge on any atom is 0.313 e. The van der Waals surface area contributed by atoms with Gasteiger partial charge in [0.25, 0.3) is 0 Å². The van der Waals surface area contributed by atoms with E-state index in [1.54, 1.807) is 50.2 Å². The third kappa shape index (κ3) is 4.44. The Morgan fingerprint density at radius 3 is 2.12 bits per heavy atom. The van der Waals surface area contributed by atoms with Crippen LogP contribution in [0.5, 0.6) is 0 Å². The number of hydrogen-bond donors (Lipinski definition) is 1. The lowest BCUT2D eigenvalue weighted by Gasteiger charge is -2.32. The van der Waals surface area contributed by atoms with Crippen molar-refractivity contribution in [1.29, 1.82) is 0 Å². The lowest BCUT2D eigenvalue weighted by molar-refractivity contribution is -0.152. The van der Waals surface area contributed by atoms with E-state index in [4.69, 9.17) is 16.3 Å². The first-order chi connectivity index (χ1) is 12.1. The summed E-state index contributed by atoms with van der Waals surface area (Å²) in [7, 11) is -2.57. The predicted octanol–water partition coefficient (Wildman–Crippen LogP) is 3.87. The van der Waals surface area contributed by atoms with Crippen LogP contribution in [-0.4, -0.2) is 21.5 Å². The highest BCUT2D eigenvalue weighted by Crippen LogP contribution is 2.36. The van der Waals surface area contributed by atoms with Crippen LogP contribution in [0.1, 0.15) is 31.0 Å². The number of aryl methyl sites for hydroxylation is 1.